The average molecular weight is 733 g/mol. The fourth-order valence-electron chi connectivity index (χ4n) is 11.2. The Hall–Kier alpha value is -1.73. The first kappa shape index (κ1) is 34.4. The van der Waals surface area contributed by atoms with Crippen molar-refractivity contribution >= 4 is 22.1 Å². The van der Waals surface area contributed by atoms with Gasteiger partial charge < -0.3 is 28.4 Å². The molecule has 49 heavy (non-hydrogen) atoms. The highest BCUT2D eigenvalue weighted by molar-refractivity contribution is 7.86. The smallest absolute Gasteiger partial charge is 0.402 e. The highest BCUT2D eigenvalue weighted by atomic mass is 32.2. The lowest BCUT2D eigenvalue weighted by Gasteiger charge is -2.62. The summed E-state index contributed by atoms with van der Waals surface area (Å²) in [7, 11) is -5.77. The molecule has 276 valence electrons. The first-order valence-corrected chi connectivity index (χ1v) is 18.2. The van der Waals surface area contributed by atoms with Crippen LogP contribution in [0.4, 0.5) is 26.3 Å². The van der Waals surface area contributed by atoms with Crippen LogP contribution < -0.4 is 0 Å². The molecular formula is C31H38F6O11S. The lowest BCUT2D eigenvalue weighted by Crippen LogP contribution is -2.65. The third-order valence-electron chi connectivity index (χ3n) is 13.0. The second-order valence-corrected chi connectivity index (χ2v) is 17.6. The van der Waals surface area contributed by atoms with E-state index in [0.29, 0.717) is 38.5 Å². The number of alkyl halides is 6. The lowest BCUT2D eigenvalue weighted by atomic mass is 9.47. The van der Waals surface area contributed by atoms with E-state index in [2.05, 4.69) is 0 Å². The number of carbonyl (C=O) groups is 2. The van der Waals surface area contributed by atoms with Crippen LogP contribution in [0.1, 0.15) is 64.2 Å². The third kappa shape index (κ3) is 5.03. The lowest BCUT2D eigenvalue weighted by molar-refractivity contribution is -0.346. The predicted octanol–water partition coefficient (Wildman–Crippen LogP) is 4.33. The molecule has 18 heteroatoms. The topological polar surface area (TPSA) is 144 Å². The Morgan fingerprint density at radius 3 is 1.63 bits per heavy atom. The zero-order valence-electron chi connectivity index (χ0n) is 26.4. The molecule has 8 saturated carbocycles. The first-order chi connectivity index (χ1) is 22.7. The van der Waals surface area contributed by atoms with Crippen molar-refractivity contribution in [2.24, 2.45) is 46.3 Å². The van der Waals surface area contributed by atoms with Crippen LogP contribution in [0.3, 0.4) is 0 Å². The molecule has 8 aliphatic carbocycles. The van der Waals surface area contributed by atoms with Crippen molar-refractivity contribution in [1.82, 2.24) is 0 Å². The molecular weight excluding hydrogens is 694 g/mol. The van der Waals surface area contributed by atoms with Crippen LogP contribution in [0, 0.1) is 46.3 Å². The summed E-state index contributed by atoms with van der Waals surface area (Å²) in [5.41, 5.74) is -2.06. The van der Waals surface area contributed by atoms with Crippen LogP contribution in [-0.2, 0) is 48.1 Å². The van der Waals surface area contributed by atoms with Gasteiger partial charge in [-0.1, -0.05) is 0 Å². The molecule has 2 saturated heterocycles. The van der Waals surface area contributed by atoms with Gasteiger partial charge in [0.25, 0.3) is 0 Å². The molecule has 1 N–H and O–H groups in total. The Bertz CT molecular complexity index is 1470. The van der Waals surface area contributed by atoms with Crippen molar-refractivity contribution in [3.05, 3.63) is 0 Å². The molecule has 2 heterocycles. The van der Waals surface area contributed by atoms with E-state index in [4.69, 9.17) is 33.0 Å². The third-order valence-corrected chi connectivity index (χ3v) is 13.9. The van der Waals surface area contributed by atoms with Crippen LogP contribution >= 0.6 is 0 Å². The largest absolute Gasteiger partial charge is 0.462 e. The fourth-order valence-corrected chi connectivity index (χ4v) is 11.5. The van der Waals surface area contributed by atoms with E-state index in [0.717, 1.165) is 0 Å². The minimum Gasteiger partial charge on any atom is -0.462 e. The summed E-state index contributed by atoms with van der Waals surface area (Å²) in [6, 6.07) is 0. The van der Waals surface area contributed by atoms with Crippen molar-refractivity contribution in [2.75, 3.05) is 33.0 Å². The number of hydrogen-bond donors (Lipinski definition) is 1. The normalized spacial score (nSPS) is 45.5. The number of hydrogen-bond acceptors (Lipinski definition) is 10. The van der Waals surface area contributed by atoms with Gasteiger partial charge in [0, 0.05) is 23.7 Å². The number of carbonyl (C=O) groups excluding carboxylic acids is 2. The molecule has 5 unspecified atom stereocenters. The molecule has 11 nitrogen and oxygen atoms in total. The van der Waals surface area contributed by atoms with Crippen LogP contribution in [0.2, 0.25) is 0 Å². The summed E-state index contributed by atoms with van der Waals surface area (Å²) >= 11 is 0. The average Bonchev–Trinajstić information content (AvgIpc) is 3.41. The number of esters is 2. The molecule has 0 aromatic rings. The van der Waals surface area contributed by atoms with Gasteiger partial charge in [0.1, 0.15) is 25.9 Å². The van der Waals surface area contributed by atoms with Crippen LogP contribution in [0.15, 0.2) is 0 Å². The zero-order chi connectivity index (χ0) is 35.0. The van der Waals surface area contributed by atoms with E-state index in [9.17, 15) is 44.3 Å². The molecule has 2 aliphatic heterocycles. The molecule has 0 radical (unpaired) electrons. The highest BCUT2D eigenvalue weighted by Crippen LogP contribution is 2.68. The molecule has 10 aliphatic rings. The van der Waals surface area contributed by atoms with Gasteiger partial charge in [-0.25, -0.2) is 0 Å². The minimum absolute atomic E-state index is 0.0628. The van der Waals surface area contributed by atoms with Gasteiger partial charge in [-0.2, -0.15) is 34.8 Å². The van der Waals surface area contributed by atoms with E-state index in [1.807, 2.05) is 0 Å². The standard InChI is InChI=1S/C31H38F6O11S/c32-27(33)13-46-30(47-14-28(27,34)35)18-1-16-2-19(30)8-25(5-16,7-18)23(38)43-11-22-12-45-31(48-22)20-3-17-4-21(31)10-26(6-17,9-20)24(39)44-15-29(36,37)49(40,41)42/h16-22H,1-15H2,(H,40,41,42). The molecule has 0 aromatic carbocycles. The first-order valence-electron chi connectivity index (χ1n) is 16.8. The van der Waals surface area contributed by atoms with E-state index < -0.39 is 99.3 Å². The minimum atomic E-state index is -5.77. The number of rotatable bonds is 7. The summed E-state index contributed by atoms with van der Waals surface area (Å²) in [5, 5.41) is -4.64. The monoisotopic (exact) mass is 732 g/mol. The molecule has 10 fully saturated rings. The van der Waals surface area contributed by atoms with Crippen molar-refractivity contribution < 1.29 is 77.3 Å². The second kappa shape index (κ2) is 10.7. The fraction of sp³-hybridized carbons (Fsp3) is 0.935. The van der Waals surface area contributed by atoms with Crippen LogP contribution in [0.5, 0.6) is 0 Å². The maximum absolute atomic E-state index is 14.2. The van der Waals surface area contributed by atoms with Gasteiger partial charge in [-0.15, -0.1) is 0 Å². The van der Waals surface area contributed by atoms with E-state index in [1.165, 1.54) is 0 Å². The van der Waals surface area contributed by atoms with Gasteiger partial charge in [0.05, 0.1) is 17.4 Å². The summed E-state index contributed by atoms with van der Waals surface area (Å²) < 4.78 is 149. The van der Waals surface area contributed by atoms with Crippen LogP contribution in [0.25, 0.3) is 0 Å². The van der Waals surface area contributed by atoms with E-state index in [-0.39, 0.29) is 62.6 Å². The van der Waals surface area contributed by atoms with Gasteiger partial charge >= 0.3 is 39.2 Å². The maximum Gasteiger partial charge on any atom is 0.402 e. The molecule has 2 spiro atoms. The molecule has 5 atom stereocenters. The van der Waals surface area contributed by atoms with Crippen molar-refractivity contribution in [2.45, 2.75) is 99.0 Å². The quantitative estimate of drug-likeness (QED) is 0.227. The second-order valence-electron chi connectivity index (χ2n) is 16.0. The van der Waals surface area contributed by atoms with Gasteiger partial charge in [-0.3, -0.25) is 14.1 Å². The molecule has 0 amide bonds. The van der Waals surface area contributed by atoms with Gasteiger partial charge in [-0.05, 0) is 76.0 Å². The molecule has 0 aromatic heterocycles. The Balaban J connectivity index is 0.901. The SMILES string of the molecule is O=C(OCC1COC2(O1)C1CC3CC2CC(C(=O)OCC(F)(F)S(=O)(=O)O)(C3)C1)C12CC3CC(C1)C1(OCC(F)(F)C(F)(F)CO1)C(C3)C2. The molecule has 10 rings (SSSR count). The Labute approximate surface area is 277 Å². The summed E-state index contributed by atoms with van der Waals surface area (Å²) in [6.45, 7) is -4.78. The van der Waals surface area contributed by atoms with Crippen molar-refractivity contribution in [3.8, 4) is 0 Å². The summed E-state index contributed by atoms with van der Waals surface area (Å²) in [6.07, 6.45) is 3.39. The Kier molecular flexibility index (Phi) is 7.48. The van der Waals surface area contributed by atoms with E-state index in [1.54, 1.807) is 0 Å². The maximum atomic E-state index is 14.2. The van der Waals surface area contributed by atoms with Crippen molar-refractivity contribution in [3.63, 3.8) is 0 Å². The highest BCUT2D eigenvalue weighted by Gasteiger charge is 2.71. The number of halogens is 6. The Morgan fingerprint density at radius 2 is 1.16 bits per heavy atom. The van der Waals surface area contributed by atoms with Crippen LogP contribution in [-0.4, -0.2) is 92.7 Å². The van der Waals surface area contributed by atoms with Crippen molar-refractivity contribution in [1.29, 1.82) is 0 Å². The molecule has 8 bridgehead atoms. The number of ether oxygens (including phenoxy) is 6. The Morgan fingerprint density at radius 1 is 0.714 bits per heavy atom. The predicted molar refractivity (Wildman–Crippen MR) is 148 cm³/mol. The summed E-state index contributed by atoms with van der Waals surface area (Å²) in [4.78, 5) is 26.8. The summed E-state index contributed by atoms with van der Waals surface area (Å²) in [5.74, 6) is -14.4. The zero-order valence-corrected chi connectivity index (χ0v) is 27.2. The van der Waals surface area contributed by atoms with Gasteiger partial charge in [0.2, 0.25) is 0 Å². The van der Waals surface area contributed by atoms with Gasteiger partial charge in [0.15, 0.2) is 18.2 Å². The van der Waals surface area contributed by atoms with E-state index >= 15 is 0 Å².